The number of rotatable bonds is 3. The van der Waals surface area contributed by atoms with Gasteiger partial charge in [-0.15, -0.1) is 11.3 Å². The zero-order chi connectivity index (χ0) is 32.1. The number of para-hydroxylation sites is 2. The highest BCUT2D eigenvalue weighted by atomic mass is 32.1. The van der Waals surface area contributed by atoms with Crippen molar-refractivity contribution < 1.29 is 0 Å². The largest absolute Gasteiger partial charge is 0.309 e. The molecule has 0 saturated heterocycles. The van der Waals surface area contributed by atoms with E-state index >= 15 is 0 Å². The summed E-state index contributed by atoms with van der Waals surface area (Å²) in [5, 5.41) is 10.3. The van der Waals surface area contributed by atoms with Crippen molar-refractivity contribution >= 4 is 85.9 Å². The highest BCUT2D eigenvalue weighted by Crippen LogP contribution is 2.45. The van der Waals surface area contributed by atoms with Crippen LogP contribution in [0.3, 0.4) is 0 Å². The normalized spacial score (nSPS) is 12.1. The Morgan fingerprint density at radius 2 is 0.980 bits per heavy atom. The van der Waals surface area contributed by atoms with Crippen molar-refractivity contribution in [3.8, 4) is 22.5 Å². The number of aromatic nitrogens is 2. The molecule has 49 heavy (non-hydrogen) atoms. The fourth-order valence-electron chi connectivity index (χ4n) is 8.11. The molecule has 0 amide bonds. The quantitative estimate of drug-likeness (QED) is 0.182. The van der Waals surface area contributed by atoms with Crippen LogP contribution >= 0.6 is 11.3 Å². The Balaban J connectivity index is 1.23. The standard InChI is InChI=1S/C46H28N2S/c1-2-12-33(13-3-1)47-39-16-8-6-14-35(39)37-28-34(21-23-40(37)47)48-41-22-20-32(31-19-18-29-10-4-5-11-30(29)26-31)27-38(41)45-42(48)24-25-44-46(45)36-15-7-9-17-43(36)49-44/h1-28H. The van der Waals surface area contributed by atoms with E-state index in [0.717, 1.165) is 0 Å². The molecule has 0 N–H and O–H groups in total. The number of thiophene rings is 1. The van der Waals surface area contributed by atoms with Crippen molar-refractivity contribution in [3.05, 3.63) is 170 Å². The second kappa shape index (κ2) is 10.2. The van der Waals surface area contributed by atoms with Gasteiger partial charge in [-0.05, 0) is 94.7 Å². The van der Waals surface area contributed by atoms with Crippen LogP contribution in [0.1, 0.15) is 0 Å². The Labute approximate surface area is 286 Å². The van der Waals surface area contributed by atoms with Crippen LogP contribution < -0.4 is 0 Å². The van der Waals surface area contributed by atoms with Gasteiger partial charge in [-0.3, -0.25) is 0 Å². The molecule has 2 nitrogen and oxygen atoms in total. The van der Waals surface area contributed by atoms with Crippen LogP contribution in [0.5, 0.6) is 0 Å². The minimum atomic E-state index is 1.17. The fraction of sp³-hybridized carbons (Fsp3) is 0. The second-order valence-corrected chi connectivity index (χ2v) is 14.0. The smallest absolute Gasteiger partial charge is 0.0548 e. The number of hydrogen-bond donors (Lipinski definition) is 0. The third-order valence-corrected chi connectivity index (χ3v) is 11.4. The van der Waals surface area contributed by atoms with E-state index in [1.165, 1.54) is 97.1 Å². The van der Waals surface area contributed by atoms with Crippen LogP contribution in [0.15, 0.2) is 170 Å². The molecule has 0 spiro atoms. The lowest BCUT2D eigenvalue weighted by Gasteiger charge is -2.11. The summed E-state index contributed by atoms with van der Waals surface area (Å²) in [4.78, 5) is 0. The van der Waals surface area contributed by atoms with E-state index in [9.17, 15) is 0 Å². The average Bonchev–Trinajstić information content (AvgIpc) is 3.82. The molecule has 0 radical (unpaired) electrons. The molecule has 0 aliphatic carbocycles. The summed E-state index contributed by atoms with van der Waals surface area (Å²) in [6.07, 6.45) is 0. The van der Waals surface area contributed by atoms with Gasteiger partial charge >= 0.3 is 0 Å². The molecule has 11 rings (SSSR count). The van der Waals surface area contributed by atoms with Crippen molar-refractivity contribution in [2.45, 2.75) is 0 Å². The van der Waals surface area contributed by atoms with Crippen molar-refractivity contribution in [3.63, 3.8) is 0 Å². The molecule has 3 heterocycles. The Morgan fingerprint density at radius 1 is 0.327 bits per heavy atom. The first-order valence-corrected chi connectivity index (χ1v) is 17.6. The molecule has 0 unspecified atom stereocenters. The predicted molar refractivity (Wildman–Crippen MR) is 211 cm³/mol. The van der Waals surface area contributed by atoms with Gasteiger partial charge in [0.15, 0.2) is 0 Å². The van der Waals surface area contributed by atoms with Crippen molar-refractivity contribution in [1.82, 2.24) is 9.13 Å². The molecule has 0 aliphatic heterocycles. The maximum Gasteiger partial charge on any atom is 0.0548 e. The van der Waals surface area contributed by atoms with Crippen molar-refractivity contribution in [1.29, 1.82) is 0 Å². The molecule has 3 heteroatoms. The molecular weight excluding hydrogens is 613 g/mol. The van der Waals surface area contributed by atoms with Gasteiger partial charge in [-0.2, -0.15) is 0 Å². The molecule has 8 aromatic carbocycles. The van der Waals surface area contributed by atoms with Crippen LogP contribution in [0.2, 0.25) is 0 Å². The molecule has 0 aliphatic rings. The summed E-state index contributed by atoms with van der Waals surface area (Å²) in [6.45, 7) is 0. The summed E-state index contributed by atoms with van der Waals surface area (Å²) in [5.41, 5.74) is 9.68. The minimum absolute atomic E-state index is 1.17. The Kier molecular flexibility index (Phi) is 5.57. The highest BCUT2D eigenvalue weighted by Gasteiger charge is 2.20. The van der Waals surface area contributed by atoms with Crippen LogP contribution in [0.25, 0.3) is 97.1 Å². The van der Waals surface area contributed by atoms with Gasteiger partial charge in [0, 0.05) is 53.1 Å². The maximum atomic E-state index is 2.48. The minimum Gasteiger partial charge on any atom is -0.309 e. The zero-order valence-electron chi connectivity index (χ0n) is 26.5. The summed E-state index contributed by atoms with van der Waals surface area (Å²) >= 11 is 1.88. The van der Waals surface area contributed by atoms with Gasteiger partial charge in [-0.1, -0.05) is 97.1 Å². The summed E-state index contributed by atoms with van der Waals surface area (Å²) in [7, 11) is 0. The van der Waals surface area contributed by atoms with Gasteiger partial charge < -0.3 is 9.13 Å². The Bertz CT molecular complexity index is 3100. The second-order valence-electron chi connectivity index (χ2n) is 12.9. The molecule has 3 aromatic heterocycles. The lowest BCUT2D eigenvalue weighted by atomic mass is 9.98. The first kappa shape index (κ1) is 26.9. The van der Waals surface area contributed by atoms with Gasteiger partial charge in [0.25, 0.3) is 0 Å². The third-order valence-electron chi connectivity index (χ3n) is 10.3. The highest BCUT2D eigenvalue weighted by molar-refractivity contribution is 7.26. The first-order valence-electron chi connectivity index (χ1n) is 16.8. The zero-order valence-corrected chi connectivity index (χ0v) is 27.3. The molecule has 11 aromatic rings. The summed E-state index contributed by atoms with van der Waals surface area (Å²) < 4.78 is 7.52. The van der Waals surface area contributed by atoms with E-state index in [1.807, 2.05) is 11.3 Å². The number of fused-ring (bicyclic) bond motifs is 11. The lowest BCUT2D eigenvalue weighted by molar-refractivity contribution is 1.17. The number of benzene rings is 8. The van der Waals surface area contributed by atoms with Crippen molar-refractivity contribution in [2.75, 3.05) is 0 Å². The van der Waals surface area contributed by atoms with E-state index in [0.29, 0.717) is 0 Å². The van der Waals surface area contributed by atoms with E-state index in [-0.39, 0.29) is 0 Å². The number of hydrogen-bond acceptors (Lipinski definition) is 1. The van der Waals surface area contributed by atoms with Crippen LogP contribution in [-0.2, 0) is 0 Å². The Morgan fingerprint density at radius 3 is 1.90 bits per heavy atom. The van der Waals surface area contributed by atoms with Crippen molar-refractivity contribution in [2.24, 2.45) is 0 Å². The van der Waals surface area contributed by atoms with Crippen LogP contribution in [-0.4, -0.2) is 9.13 Å². The molecule has 0 fully saturated rings. The SMILES string of the molecule is c1ccc(-n2c3ccccc3c3cc(-n4c5ccc(-c6ccc7ccccc7c6)cc5c5c6c(ccc54)sc4ccccc46)ccc32)cc1. The third kappa shape index (κ3) is 3.88. The molecule has 0 atom stereocenters. The summed E-state index contributed by atoms with van der Waals surface area (Å²) in [5.74, 6) is 0. The molecule has 0 saturated carbocycles. The molecule has 0 bridgehead atoms. The number of nitrogens with zero attached hydrogens (tertiary/aromatic N) is 2. The molecule has 228 valence electrons. The van der Waals surface area contributed by atoms with Gasteiger partial charge in [0.2, 0.25) is 0 Å². The van der Waals surface area contributed by atoms with Gasteiger partial charge in [0.1, 0.15) is 0 Å². The average molecular weight is 641 g/mol. The lowest BCUT2D eigenvalue weighted by Crippen LogP contribution is -1.95. The van der Waals surface area contributed by atoms with E-state index in [1.54, 1.807) is 0 Å². The van der Waals surface area contributed by atoms with E-state index in [2.05, 4.69) is 179 Å². The Hall–Kier alpha value is -6.16. The van der Waals surface area contributed by atoms with Gasteiger partial charge in [-0.25, -0.2) is 0 Å². The van der Waals surface area contributed by atoms with Gasteiger partial charge in [0.05, 0.1) is 22.1 Å². The van der Waals surface area contributed by atoms with Crippen LogP contribution in [0.4, 0.5) is 0 Å². The monoisotopic (exact) mass is 640 g/mol. The fourth-order valence-corrected chi connectivity index (χ4v) is 9.22. The summed E-state index contributed by atoms with van der Waals surface area (Å²) in [6, 6.07) is 62.5. The van der Waals surface area contributed by atoms with Crippen LogP contribution in [0, 0.1) is 0 Å². The van der Waals surface area contributed by atoms with E-state index < -0.39 is 0 Å². The van der Waals surface area contributed by atoms with E-state index in [4.69, 9.17) is 0 Å². The topological polar surface area (TPSA) is 9.86 Å². The first-order chi connectivity index (χ1) is 24.3. The molecular formula is C46H28N2S. The maximum absolute atomic E-state index is 2.48. The predicted octanol–water partition coefficient (Wildman–Crippen LogP) is 13.1.